The van der Waals surface area contributed by atoms with Gasteiger partial charge in [-0.15, -0.1) is 11.3 Å². The molecule has 0 aliphatic heterocycles. The molecule has 120 valence electrons. The first-order valence-corrected chi connectivity index (χ1v) is 8.42. The number of H-pyrrole nitrogens is 1. The molecule has 0 aliphatic carbocycles. The molecule has 0 atom stereocenters. The summed E-state index contributed by atoms with van der Waals surface area (Å²) in [7, 11) is 0. The molecule has 4 rings (SSSR count). The number of furan rings is 1. The highest BCUT2D eigenvalue weighted by atomic mass is 32.1. The van der Waals surface area contributed by atoms with Gasteiger partial charge in [0.25, 0.3) is 5.56 Å². The van der Waals surface area contributed by atoms with E-state index in [1.807, 2.05) is 48.5 Å². The van der Waals surface area contributed by atoms with E-state index in [4.69, 9.17) is 4.42 Å². The molecule has 0 aliphatic rings. The van der Waals surface area contributed by atoms with Crippen LogP contribution in [0, 0.1) is 0 Å². The summed E-state index contributed by atoms with van der Waals surface area (Å²) in [5, 5.41) is 3.85. The van der Waals surface area contributed by atoms with Crippen LogP contribution in [0.1, 0.15) is 11.6 Å². The van der Waals surface area contributed by atoms with E-state index in [0.29, 0.717) is 24.3 Å². The van der Waals surface area contributed by atoms with E-state index in [-0.39, 0.29) is 5.56 Å². The molecule has 3 aromatic heterocycles. The van der Waals surface area contributed by atoms with E-state index in [9.17, 15) is 4.79 Å². The van der Waals surface area contributed by atoms with Gasteiger partial charge in [-0.25, -0.2) is 4.98 Å². The Morgan fingerprint density at radius 1 is 1.12 bits per heavy atom. The Labute approximate surface area is 142 Å². The Kier molecular flexibility index (Phi) is 3.98. The molecule has 0 bridgehead atoms. The maximum Gasteiger partial charge on any atom is 0.259 e. The summed E-state index contributed by atoms with van der Waals surface area (Å²) in [6.07, 6.45) is 1.64. The van der Waals surface area contributed by atoms with E-state index < -0.39 is 0 Å². The molecule has 4 aromatic rings. The standard InChI is InChI=1S/C18H15N3O2S/c22-17-14-9-15(12-5-2-1-3-6-12)24-18(14)21-16(20-17)11-19-10-13-7-4-8-23-13/h1-9,19H,10-11H2,(H,20,21,22). The summed E-state index contributed by atoms with van der Waals surface area (Å²) < 4.78 is 5.26. The minimum absolute atomic E-state index is 0.103. The summed E-state index contributed by atoms with van der Waals surface area (Å²) in [5.41, 5.74) is 0.991. The van der Waals surface area contributed by atoms with E-state index in [1.165, 1.54) is 11.3 Å². The molecule has 6 heteroatoms. The molecule has 0 radical (unpaired) electrons. The number of benzene rings is 1. The highest BCUT2D eigenvalue weighted by Crippen LogP contribution is 2.30. The van der Waals surface area contributed by atoms with Crippen LogP contribution in [0.25, 0.3) is 20.7 Å². The molecule has 0 amide bonds. The second kappa shape index (κ2) is 6.43. The molecule has 0 saturated heterocycles. The summed E-state index contributed by atoms with van der Waals surface area (Å²) >= 11 is 1.53. The Balaban J connectivity index is 1.58. The highest BCUT2D eigenvalue weighted by molar-refractivity contribution is 7.21. The predicted molar refractivity (Wildman–Crippen MR) is 94.9 cm³/mol. The topological polar surface area (TPSA) is 70.9 Å². The van der Waals surface area contributed by atoms with Crippen LogP contribution in [0.5, 0.6) is 0 Å². The zero-order chi connectivity index (χ0) is 16.4. The third kappa shape index (κ3) is 3.02. The van der Waals surface area contributed by atoms with Crippen LogP contribution in [0.2, 0.25) is 0 Å². The summed E-state index contributed by atoms with van der Waals surface area (Å²) in [5.74, 6) is 1.47. The third-order valence-electron chi connectivity index (χ3n) is 3.68. The van der Waals surface area contributed by atoms with Crippen molar-refractivity contribution in [2.75, 3.05) is 0 Å². The molecule has 0 fully saturated rings. The monoisotopic (exact) mass is 337 g/mol. The van der Waals surface area contributed by atoms with Crippen molar-refractivity contribution in [1.82, 2.24) is 15.3 Å². The van der Waals surface area contributed by atoms with Crippen LogP contribution in [0.15, 0.2) is 64.0 Å². The van der Waals surface area contributed by atoms with Gasteiger partial charge in [0, 0.05) is 4.88 Å². The van der Waals surface area contributed by atoms with Crippen LogP contribution < -0.4 is 10.9 Å². The zero-order valence-corrected chi connectivity index (χ0v) is 13.6. The molecular weight excluding hydrogens is 322 g/mol. The first kappa shape index (κ1) is 14.9. The lowest BCUT2D eigenvalue weighted by Crippen LogP contribution is -2.18. The van der Waals surface area contributed by atoms with Crippen molar-refractivity contribution >= 4 is 21.6 Å². The quantitative estimate of drug-likeness (QED) is 0.584. The zero-order valence-electron chi connectivity index (χ0n) is 12.8. The van der Waals surface area contributed by atoms with Gasteiger partial charge in [0.1, 0.15) is 16.4 Å². The molecule has 3 heterocycles. The fourth-order valence-electron chi connectivity index (χ4n) is 2.52. The van der Waals surface area contributed by atoms with Gasteiger partial charge in [-0.1, -0.05) is 30.3 Å². The Morgan fingerprint density at radius 2 is 2.00 bits per heavy atom. The van der Waals surface area contributed by atoms with E-state index in [2.05, 4.69) is 15.3 Å². The number of thiophene rings is 1. The summed E-state index contributed by atoms with van der Waals surface area (Å²) in [4.78, 5) is 21.5. The van der Waals surface area contributed by atoms with Crippen molar-refractivity contribution in [1.29, 1.82) is 0 Å². The minimum atomic E-state index is -0.103. The number of nitrogens with one attached hydrogen (secondary N) is 2. The maximum absolute atomic E-state index is 12.3. The van der Waals surface area contributed by atoms with Gasteiger partial charge in [-0.2, -0.15) is 0 Å². The minimum Gasteiger partial charge on any atom is -0.468 e. The molecule has 0 spiro atoms. The van der Waals surface area contributed by atoms with Crippen LogP contribution in [0.4, 0.5) is 0 Å². The van der Waals surface area contributed by atoms with E-state index >= 15 is 0 Å². The largest absolute Gasteiger partial charge is 0.468 e. The fourth-order valence-corrected chi connectivity index (χ4v) is 3.58. The van der Waals surface area contributed by atoms with Gasteiger partial charge in [0.15, 0.2) is 0 Å². The van der Waals surface area contributed by atoms with Crippen molar-refractivity contribution in [3.8, 4) is 10.4 Å². The average Bonchev–Trinajstić information content (AvgIpc) is 3.25. The molecule has 5 nitrogen and oxygen atoms in total. The molecule has 0 saturated carbocycles. The first-order chi connectivity index (χ1) is 11.8. The van der Waals surface area contributed by atoms with E-state index in [0.717, 1.165) is 21.0 Å². The lowest BCUT2D eigenvalue weighted by Gasteiger charge is -2.02. The van der Waals surface area contributed by atoms with Crippen molar-refractivity contribution in [3.05, 3.63) is 76.7 Å². The maximum atomic E-state index is 12.3. The number of aromatic nitrogens is 2. The smallest absolute Gasteiger partial charge is 0.259 e. The lowest BCUT2D eigenvalue weighted by atomic mass is 10.2. The van der Waals surface area contributed by atoms with Gasteiger partial charge >= 0.3 is 0 Å². The molecule has 0 unspecified atom stereocenters. The lowest BCUT2D eigenvalue weighted by molar-refractivity contribution is 0.480. The van der Waals surface area contributed by atoms with E-state index in [1.54, 1.807) is 6.26 Å². The molecule has 2 N–H and O–H groups in total. The third-order valence-corrected chi connectivity index (χ3v) is 4.76. The van der Waals surface area contributed by atoms with Gasteiger partial charge < -0.3 is 14.7 Å². The normalized spacial score (nSPS) is 11.2. The average molecular weight is 337 g/mol. The summed E-state index contributed by atoms with van der Waals surface area (Å²) in [6, 6.07) is 15.7. The first-order valence-electron chi connectivity index (χ1n) is 7.61. The van der Waals surface area contributed by atoms with Crippen LogP contribution in [-0.4, -0.2) is 9.97 Å². The van der Waals surface area contributed by atoms with Gasteiger partial charge in [-0.05, 0) is 23.8 Å². The van der Waals surface area contributed by atoms with Crippen molar-refractivity contribution in [2.24, 2.45) is 0 Å². The SMILES string of the molecule is O=c1[nH]c(CNCc2ccco2)nc2sc(-c3ccccc3)cc12. The van der Waals surface area contributed by atoms with Gasteiger partial charge in [0.2, 0.25) is 0 Å². The van der Waals surface area contributed by atoms with Crippen LogP contribution in [-0.2, 0) is 13.1 Å². The highest BCUT2D eigenvalue weighted by Gasteiger charge is 2.10. The Bertz CT molecular complexity index is 1000. The fraction of sp³-hybridized carbons (Fsp3) is 0.111. The number of nitrogens with zero attached hydrogens (tertiary/aromatic N) is 1. The number of aromatic amines is 1. The number of fused-ring (bicyclic) bond motifs is 1. The Hall–Kier alpha value is -2.70. The number of rotatable bonds is 5. The van der Waals surface area contributed by atoms with Crippen molar-refractivity contribution < 1.29 is 4.42 Å². The van der Waals surface area contributed by atoms with Crippen molar-refractivity contribution in [3.63, 3.8) is 0 Å². The summed E-state index contributed by atoms with van der Waals surface area (Å²) in [6.45, 7) is 1.07. The second-order valence-corrected chi connectivity index (χ2v) is 6.42. The number of hydrogen-bond acceptors (Lipinski definition) is 5. The molecule has 1 aromatic carbocycles. The van der Waals surface area contributed by atoms with Crippen LogP contribution in [0.3, 0.4) is 0 Å². The van der Waals surface area contributed by atoms with Gasteiger partial charge in [-0.3, -0.25) is 4.79 Å². The predicted octanol–water partition coefficient (Wildman–Crippen LogP) is 3.53. The van der Waals surface area contributed by atoms with Gasteiger partial charge in [0.05, 0.1) is 24.7 Å². The molecular formula is C18H15N3O2S. The molecule has 24 heavy (non-hydrogen) atoms. The second-order valence-electron chi connectivity index (χ2n) is 5.39. The number of hydrogen-bond donors (Lipinski definition) is 2. The van der Waals surface area contributed by atoms with Crippen molar-refractivity contribution in [2.45, 2.75) is 13.1 Å². The van der Waals surface area contributed by atoms with Crippen LogP contribution >= 0.6 is 11.3 Å². The Morgan fingerprint density at radius 3 is 2.79 bits per heavy atom.